The van der Waals surface area contributed by atoms with Gasteiger partial charge in [-0.05, 0) is 123 Å². The summed E-state index contributed by atoms with van der Waals surface area (Å²) in [4.78, 5) is 4.65. The molecule has 0 fully saturated rings. The van der Waals surface area contributed by atoms with Gasteiger partial charge < -0.3 is 14.2 Å². The Hall–Kier alpha value is -8.40. The lowest BCUT2D eigenvalue weighted by Gasteiger charge is -2.27. The second-order valence-corrected chi connectivity index (χ2v) is 15.8. The number of para-hydroxylation sites is 1. The number of anilines is 6. The highest BCUT2D eigenvalue weighted by Gasteiger charge is 2.18. The van der Waals surface area contributed by atoms with Crippen molar-refractivity contribution in [1.29, 1.82) is 0 Å². The third-order valence-corrected chi connectivity index (χ3v) is 11.9. The van der Waals surface area contributed by atoms with Crippen molar-refractivity contribution in [3.8, 4) is 44.5 Å². The van der Waals surface area contributed by atoms with Gasteiger partial charge in [-0.2, -0.15) is 0 Å². The van der Waals surface area contributed by atoms with Crippen molar-refractivity contribution in [1.82, 2.24) is 0 Å². The fourth-order valence-corrected chi connectivity index (χ4v) is 8.68. The van der Waals surface area contributed by atoms with Gasteiger partial charge in [0, 0.05) is 51.0 Å². The van der Waals surface area contributed by atoms with E-state index in [1.807, 2.05) is 12.1 Å². The maximum Gasteiger partial charge on any atom is 0.137 e. The van der Waals surface area contributed by atoms with Crippen LogP contribution >= 0.6 is 0 Å². The Balaban J connectivity index is 0.959. The fraction of sp³-hybridized carbons (Fsp3) is 0. The number of hydrogen-bond acceptors (Lipinski definition) is 3. The second-order valence-electron chi connectivity index (χ2n) is 15.8. The smallest absolute Gasteiger partial charge is 0.137 e. The van der Waals surface area contributed by atoms with Gasteiger partial charge in [-0.3, -0.25) is 0 Å². The number of nitrogens with zero attached hydrogens (tertiary/aromatic N) is 2. The van der Waals surface area contributed by atoms with Crippen LogP contribution in [-0.4, -0.2) is 0 Å². The van der Waals surface area contributed by atoms with E-state index in [4.69, 9.17) is 4.42 Å². The van der Waals surface area contributed by atoms with Gasteiger partial charge in [-0.25, -0.2) is 0 Å². The summed E-state index contributed by atoms with van der Waals surface area (Å²) < 4.78 is 6.40. The highest BCUT2D eigenvalue weighted by atomic mass is 16.3. The molecule has 0 N–H and O–H groups in total. The summed E-state index contributed by atoms with van der Waals surface area (Å²) in [6, 6.07) is 90.7. The molecular formula is C60H42N2O. The zero-order valence-electron chi connectivity index (χ0n) is 34.6. The van der Waals surface area contributed by atoms with Crippen molar-refractivity contribution >= 4 is 56.1 Å². The first kappa shape index (κ1) is 37.6. The summed E-state index contributed by atoms with van der Waals surface area (Å²) >= 11 is 0. The first-order chi connectivity index (χ1) is 31.2. The number of benzene rings is 10. The SMILES string of the molecule is c1ccc(-c2ccc(N(c3ccc(-c4ccccc4)cc3)c3ccc(-c4cccc(N(c5ccc(-c6ccccc6)cc5)c5ccc6c(c5)oc5ccccc56)c4)cc3)cc2)cc1. The monoisotopic (exact) mass is 806 g/mol. The van der Waals surface area contributed by atoms with E-state index in [2.05, 4.69) is 252 Å². The maximum atomic E-state index is 6.40. The third kappa shape index (κ3) is 7.54. The minimum Gasteiger partial charge on any atom is -0.456 e. The van der Waals surface area contributed by atoms with Gasteiger partial charge in [-0.15, -0.1) is 0 Å². The van der Waals surface area contributed by atoms with Gasteiger partial charge in [0.2, 0.25) is 0 Å². The second kappa shape index (κ2) is 16.6. The Labute approximate surface area is 368 Å². The number of furan rings is 1. The van der Waals surface area contributed by atoms with E-state index in [1.165, 1.54) is 33.4 Å². The molecule has 11 rings (SSSR count). The molecule has 0 saturated carbocycles. The van der Waals surface area contributed by atoms with Crippen molar-refractivity contribution in [3.05, 3.63) is 255 Å². The quantitative estimate of drug-likeness (QED) is 0.137. The largest absolute Gasteiger partial charge is 0.456 e. The molecule has 0 spiro atoms. The molecule has 0 saturated heterocycles. The maximum absolute atomic E-state index is 6.40. The van der Waals surface area contributed by atoms with E-state index < -0.39 is 0 Å². The standard InChI is InChI=1S/C60H42N2O/c1-4-13-43(14-5-1)46-23-31-51(32-24-46)61(52-33-25-47(26-34-52)44-15-6-2-7-16-44)53-37-29-49(30-38-53)50-19-12-20-55(41-50)62(54-35-27-48(28-36-54)45-17-8-3-9-18-45)56-39-40-58-57-21-10-11-22-59(57)63-60(58)42-56/h1-42H. The lowest BCUT2D eigenvalue weighted by atomic mass is 10.0. The predicted octanol–water partition coefficient (Wildman–Crippen LogP) is 17.2. The van der Waals surface area contributed by atoms with Crippen LogP contribution in [0.4, 0.5) is 34.1 Å². The van der Waals surface area contributed by atoms with Crippen LogP contribution in [0.5, 0.6) is 0 Å². The molecule has 0 aliphatic carbocycles. The average molecular weight is 807 g/mol. The van der Waals surface area contributed by atoms with Crippen molar-refractivity contribution in [2.45, 2.75) is 0 Å². The van der Waals surface area contributed by atoms with Crippen LogP contribution in [-0.2, 0) is 0 Å². The van der Waals surface area contributed by atoms with E-state index in [9.17, 15) is 0 Å². The van der Waals surface area contributed by atoms with Crippen LogP contribution in [0, 0.1) is 0 Å². The molecule has 11 aromatic rings. The molecule has 0 unspecified atom stereocenters. The van der Waals surface area contributed by atoms with E-state index in [0.717, 1.165) is 67.2 Å². The highest BCUT2D eigenvalue weighted by Crippen LogP contribution is 2.42. The Morgan fingerprint density at radius 1 is 0.206 bits per heavy atom. The van der Waals surface area contributed by atoms with Crippen LogP contribution in [0.1, 0.15) is 0 Å². The summed E-state index contributed by atoms with van der Waals surface area (Å²) in [7, 11) is 0. The van der Waals surface area contributed by atoms with Crippen LogP contribution in [0.2, 0.25) is 0 Å². The van der Waals surface area contributed by atoms with Gasteiger partial charge in [0.05, 0.1) is 0 Å². The zero-order valence-corrected chi connectivity index (χ0v) is 34.6. The molecule has 0 atom stereocenters. The molecule has 3 nitrogen and oxygen atoms in total. The molecule has 1 aromatic heterocycles. The predicted molar refractivity (Wildman–Crippen MR) is 265 cm³/mol. The molecule has 0 amide bonds. The minimum absolute atomic E-state index is 0.861. The molecule has 0 aliphatic heterocycles. The number of rotatable bonds is 10. The Bertz CT molecular complexity index is 3200. The van der Waals surface area contributed by atoms with Crippen LogP contribution in [0.3, 0.4) is 0 Å². The highest BCUT2D eigenvalue weighted by molar-refractivity contribution is 6.06. The van der Waals surface area contributed by atoms with E-state index in [-0.39, 0.29) is 0 Å². The normalized spacial score (nSPS) is 11.2. The lowest BCUT2D eigenvalue weighted by molar-refractivity contribution is 0.669. The van der Waals surface area contributed by atoms with Crippen LogP contribution in [0.15, 0.2) is 259 Å². The molecule has 0 bridgehead atoms. The fourth-order valence-electron chi connectivity index (χ4n) is 8.68. The Kier molecular flexibility index (Phi) is 9.89. The van der Waals surface area contributed by atoms with Gasteiger partial charge in [0.15, 0.2) is 0 Å². The molecule has 10 aromatic carbocycles. The van der Waals surface area contributed by atoms with E-state index in [0.29, 0.717) is 0 Å². The molecule has 298 valence electrons. The van der Waals surface area contributed by atoms with Crippen molar-refractivity contribution in [3.63, 3.8) is 0 Å². The van der Waals surface area contributed by atoms with Crippen LogP contribution < -0.4 is 9.80 Å². The Morgan fingerprint density at radius 3 is 1.02 bits per heavy atom. The first-order valence-corrected chi connectivity index (χ1v) is 21.4. The van der Waals surface area contributed by atoms with Gasteiger partial charge in [0.1, 0.15) is 11.2 Å². The molecule has 0 radical (unpaired) electrons. The van der Waals surface area contributed by atoms with E-state index in [1.54, 1.807) is 0 Å². The van der Waals surface area contributed by atoms with Crippen molar-refractivity contribution in [2.75, 3.05) is 9.80 Å². The molecule has 1 heterocycles. The van der Waals surface area contributed by atoms with Crippen LogP contribution in [0.25, 0.3) is 66.4 Å². The summed E-state index contributed by atoms with van der Waals surface area (Å²) in [5.41, 5.74) is 17.5. The van der Waals surface area contributed by atoms with Crippen molar-refractivity contribution < 1.29 is 4.42 Å². The molecular weight excluding hydrogens is 765 g/mol. The summed E-state index contributed by atoms with van der Waals surface area (Å²) in [5, 5.41) is 2.23. The number of hydrogen-bond donors (Lipinski definition) is 0. The van der Waals surface area contributed by atoms with Gasteiger partial charge >= 0.3 is 0 Å². The average Bonchev–Trinajstić information content (AvgIpc) is 3.74. The lowest BCUT2D eigenvalue weighted by Crippen LogP contribution is -2.10. The molecule has 63 heavy (non-hydrogen) atoms. The van der Waals surface area contributed by atoms with Gasteiger partial charge in [-0.1, -0.05) is 170 Å². The topological polar surface area (TPSA) is 19.6 Å². The van der Waals surface area contributed by atoms with Crippen molar-refractivity contribution in [2.24, 2.45) is 0 Å². The number of fused-ring (bicyclic) bond motifs is 3. The summed E-state index contributed by atoms with van der Waals surface area (Å²) in [5.74, 6) is 0. The van der Waals surface area contributed by atoms with E-state index >= 15 is 0 Å². The minimum atomic E-state index is 0.861. The summed E-state index contributed by atoms with van der Waals surface area (Å²) in [6.07, 6.45) is 0. The van der Waals surface area contributed by atoms with Gasteiger partial charge in [0.25, 0.3) is 0 Å². The summed E-state index contributed by atoms with van der Waals surface area (Å²) in [6.45, 7) is 0. The Morgan fingerprint density at radius 2 is 0.540 bits per heavy atom. The molecule has 3 heteroatoms. The zero-order chi connectivity index (χ0) is 42.0. The molecule has 0 aliphatic rings. The first-order valence-electron chi connectivity index (χ1n) is 21.4. The third-order valence-electron chi connectivity index (χ3n) is 11.9.